The van der Waals surface area contributed by atoms with Crippen LogP contribution < -0.4 is 0 Å². The quantitative estimate of drug-likeness (QED) is 0.121. The fourth-order valence-electron chi connectivity index (χ4n) is 4.45. The average Bonchev–Trinajstić information content (AvgIpc) is 2.88. The molecular weight excluding hydrogens is 434 g/mol. The van der Waals surface area contributed by atoms with Crippen LogP contribution in [0.1, 0.15) is 151 Å². The molecule has 0 atom stereocenters. The Hall–Kier alpha value is -1.84. The predicted molar refractivity (Wildman–Crippen MR) is 148 cm³/mol. The fraction of sp³-hybridized carbons (Fsp3) is 0.742. The standard InChI is InChI=1S/C31H53NO3/c1-4-7-10-13-15-20-25-32(26-21-16-14-11-8-5-2)30(33)28-23-18-19-24-29(28)31(34)35-27-22-17-12-9-6-3/h18-19,23-24H,4-17,20-22,25-27H2,1-3H3. The van der Waals surface area contributed by atoms with Crippen molar-refractivity contribution in [3.05, 3.63) is 35.4 Å². The zero-order chi connectivity index (χ0) is 25.6. The summed E-state index contributed by atoms with van der Waals surface area (Å²) in [5.41, 5.74) is 0.891. The maximum Gasteiger partial charge on any atom is 0.338 e. The fourth-order valence-corrected chi connectivity index (χ4v) is 4.45. The molecule has 0 heterocycles. The lowest BCUT2D eigenvalue weighted by Gasteiger charge is -2.24. The van der Waals surface area contributed by atoms with E-state index in [-0.39, 0.29) is 11.9 Å². The highest BCUT2D eigenvalue weighted by atomic mass is 16.5. The van der Waals surface area contributed by atoms with Gasteiger partial charge < -0.3 is 9.64 Å². The number of nitrogens with zero attached hydrogens (tertiary/aromatic N) is 1. The van der Waals surface area contributed by atoms with Crippen LogP contribution in [0.25, 0.3) is 0 Å². The van der Waals surface area contributed by atoms with E-state index in [1.165, 1.54) is 70.6 Å². The monoisotopic (exact) mass is 487 g/mol. The zero-order valence-corrected chi connectivity index (χ0v) is 23.1. The highest BCUT2D eigenvalue weighted by Gasteiger charge is 2.22. The third-order valence-corrected chi connectivity index (χ3v) is 6.71. The number of hydrogen-bond donors (Lipinski definition) is 0. The molecular formula is C31H53NO3. The summed E-state index contributed by atoms with van der Waals surface area (Å²) in [6.45, 7) is 8.60. The van der Waals surface area contributed by atoms with Crippen molar-refractivity contribution in [1.82, 2.24) is 4.90 Å². The summed E-state index contributed by atoms with van der Waals surface area (Å²) in [6, 6.07) is 7.19. The molecule has 0 radical (unpaired) electrons. The Morgan fingerprint density at radius 3 is 1.54 bits per heavy atom. The Labute approximate surface area is 216 Å². The molecule has 0 spiro atoms. The minimum absolute atomic E-state index is 0.0254. The maximum absolute atomic E-state index is 13.6. The molecule has 0 aliphatic carbocycles. The second-order valence-corrected chi connectivity index (χ2v) is 9.92. The highest BCUT2D eigenvalue weighted by molar-refractivity contribution is 6.05. The number of carbonyl (C=O) groups excluding carboxylic acids is 2. The largest absolute Gasteiger partial charge is 0.462 e. The Kier molecular flexibility index (Phi) is 19.1. The molecule has 0 unspecified atom stereocenters. The lowest BCUT2D eigenvalue weighted by Crippen LogP contribution is -2.34. The Morgan fingerprint density at radius 2 is 1.03 bits per heavy atom. The van der Waals surface area contributed by atoms with Crippen molar-refractivity contribution in [2.24, 2.45) is 0 Å². The molecule has 0 saturated carbocycles. The van der Waals surface area contributed by atoms with E-state index in [2.05, 4.69) is 20.8 Å². The number of hydrogen-bond acceptors (Lipinski definition) is 3. The molecule has 35 heavy (non-hydrogen) atoms. The summed E-state index contributed by atoms with van der Waals surface area (Å²) in [5, 5.41) is 0. The molecule has 0 saturated heterocycles. The van der Waals surface area contributed by atoms with Gasteiger partial charge in [0.05, 0.1) is 17.7 Å². The van der Waals surface area contributed by atoms with E-state index >= 15 is 0 Å². The smallest absolute Gasteiger partial charge is 0.338 e. The number of benzene rings is 1. The van der Waals surface area contributed by atoms with Crippen LogP contribution >= 0.6 is 0 Å². The number of esters is 1. The lowest BCUT2D eigenvalue weighted by molar-refractivity contribution is 0.0490. The molecule has 0 N–H and O–H groups in total. The van der Waals surface area contributed by atoms with Crippen LogP contribution in [0.15, 0.2) is 24.3 Å². The summed E-state index contributed by atoms with van der Waals surface area (Å²) in [6.07, 6.45) is 20.0. The number of ether oxygens (including phenoxy) is 1. The number of unbranched alkanes of at least 4 members (excludes halogenated alkanes) is 14. The molecule has 4 heteroatoms. The van der Waals surface area contributed by atoms with Gasteiger partial charge in [0.2, 0.25) is 0 Å². The molecule has 1 aromatic rings. The van der Waals surface area contributed by atoms with Gasteiger partial charge in [-0.25, -0.2) is 4.79 Å². The van der Waals surface area contributed by atoms with Crippen LogP contribution in [-0.2, 0) is 4.74 Å². The molecule has 0 aromatic heterocycles. The third-order valence-electron chi connectivity index (χ3n) is 6.71. The summed E-state index contributed by atoms with van der Waals surface area (Å²) in [4.78, 5) is 28.4. The van der Waals surface area contributed by atoms with Crippen molar-refractivity contribution in [3.63, 3.8) is 0 Å². The Morgan fingerprint density at radius 1 is 0.600 bits per heavy atom. The third kappa shape index (κ3) is 14.3. The van der Waals surface area contributed by atoms with Crippen LogP contribution in [0.4, 0.5) is 0 Å². The Bertz CT molecular complexity index is 657. The number of carbonyl (C=O) groups is 2. The summed E-state index contributed by atoms with van der Waals surface area (Å²) >= 11 is 0. The van der Waals surface area contributed by atoms with E-state index in [1.54, 1.807) is 12.1 Å². The molecule has 0 fully saturated rings. The van der Waals surface area contributed by atoms with Gasteiger partial charge >= 0.3 is 5.97 Å². The molecule has 4 nitrogen and oxygen atoms in total. The van der Waals surface area contributed by atoms with E-state index < -0.39 is 0 Å². The van der Waals surface area contributed by atoms with Gasteiger partial charge in [-0.2, -0.15) is 0 Å². The van der Waals surface area contributed by atoms with Crippen LogP contribution in [0.3, 0.4) is 0 Å². The number of rotatable bonds is 22. The van der Waals surface area contributed by atoms with Crippen molar-refractivity contribution in [2.45, 2.75) is 130 Å². The van der Waals surface area contributed by atoms with Gasteiger partial charge in [0.1, 0.15) is 0 Å². The highest BCUT2D eigenvalue weighted by Crippen LogP contribution is 2.17. The first-order chi connectivity index (χ1) is 17.2. The SMILES string of the molecule is CCCCCCCCN(CCCCCCCC)C(=O)c1ccccc1C(=O)OCCCCCCC. The van der Waals surface area contributed by atoms with E-state index in [4.69, 9.17) is 4.74 Å². The first kappa shape index (κ1) is 31.2. The molecule has 0 aliphatic heterocycles. The van der Waals surface area contributed by atoms with Gasteiger partial charge in [0, 0.05) is 13.1 Å². The van der Waals surface area contributed by atoms with Crippen LogP contribution in [-0.4, -0.2) is 36.5 Å². The minimum Gasteiger partial charge on any atom is -0.462 e. The summed E-state index contributed by atoms with van der Waals surface area (Å²) in [7, 11) is 0. The van der Waals surface area contributed by atoms with Crippen LogP contribution in [0.2, 0.25) is 0 Å². The van der Waals surface area contributed by atoms with Crippen molar-refractivity contribution in [2.75, 3.05) is 19.7 Å². The topological polar surface area (TPSA) is 46.6 Å². The second-order valence-electron chi connectivity index (χ2n) is 9.92. The molecule has 0 bridgehead atoms. The van der Waals surface area contributed by atoms with Gasteiger partial charge in [-0.3, -0.25) is 4.79 Å². The van der Waals surface area contributed by atoms with Gasteiger partial charge in [-0.05, 0) is 31.4 Å². The van der Waals surface area contributed by atoms with Crippen molar-refractivity contribution in [1.29, 1.82) is 0 Å². The van der Waals surface area contributed by atoms with Gasteiger partial charge in [0.15, 0.2) is 0 Å². The predicted octanol–water partition coefficient (Wildman–Crippen LogP) is 8.98. The normalized spacial score (nSPS) is 10.9. The van der Waals surface area contributed by atoms with Crippen LogP contribution in [0, 0.1) is 0 Å². The minimum atomic E-state index is -0.372. The summed E-state index contributed by atoms with van der Waals surface area (Å²) in [5.74, 6) is -0.397. The van der Waals surface area contributed by atoms with E-state index in [9.17, 15) is 9.59 Å². The Balaban J connectivity index is 2.72. The first-order valence-corrected chi connectivity index (χ1v) is 14.7. The lowest BCUT2D eigenvalue weighted by atomic mass is 10.0. The van der Waals surface area contributed by atoms with Crippen molar-refractivity contribution in [3.8, 4) is 0 Å². The average molecular weight is 488 g/mol. The first-order valence-electron chi connectivity index (χ1n) is 14.7. The van der Waals surface area contributed by atoms with Crippen molar-refractivity contribution < 1.29 is 14.3 Å². The van der Waals surface area contributed by atoms with Crippen molar-refractivity contribution >= 4 is 11.9 Å². The van der Waals surface area contributed by atoms with E-state index in [1.807, 2.05) is 17.0 Å². The summed E-state index contributed by atoms with van der Waals surface area (Å²) < 4.78 is 5.54. The van der Waals surface area contributed by atoms with Gasteiger partial charge in [-0.1, -0.05) is 123 Å². The van der Waals surface area contributed by atoms with Crippen LogP contribution in [0.5, 0.6) is 0 Å². The van der Waals surface area contributed by atoms with Gasteiger partial charge in [-0.15, -0.1) is 0 Å². The molecule has 1 amide bonds. The molecule has 1 rings (SSSR count). The zero-order valence-electron chi connectivity index (χ0n) is 23.1. The van der Waals surface area contributed by atoms with E-state index in [0.29, 0.717) is 17.7 Å². The number of amides is 1. The van der Waals surface area contributed by atoms with E-state index in [0.717, 1.165) is 51.6 Å². The maximum atomic E-state index is 13.6. The second kappa shape index (κ2) is 21.4. The molecule has 200 valence electrons. The van der Waals surface area contributed by atoms with Gasteiger partial charge in [0.25, 0.3) is 5.91 Å². The molecule has 0 aliphatic rings. The molecule has 1 aromatic carbocycles.